The van der Waals surface area contributed by atoms with Gasteiger partial charge in [-0.2, -0.15) is 0 Å². The van der Waals surface area contributed by atoms with Crippen LogP contribution < -0.4 is 10.6 Å². The summed E-state index contributed by atoms with van der Waals surface area (Å²) in [6.07, 6.45) is -0.855. The molecule has 0 saturated carbocycles. The van der Waals surface area contributed by atoms with Gasteiger partial charge in [0.1, 0.15) is 6.04 Å². The maximum atomic E-state index is 12.3. The number of nitrogens with one attached hydrogen (secondary N) is 2. The minimum atomic E-state index is -0.855. The molecule has 0 saturated heterocycles. The Bertz CT molecular complexity index is 517. The summed E-state index contributed by atoms with van der Waals surface area (Å²) in [6.45, 7) is 6.78. The molecule has 0 aliphatic heterocycles. The molecule has 3 N–H and O–H groups in total. The Balaban J connectivity index is 2.72. The normalized spacial score (nSPS) is 15.0. The van der Waals surface area contributed by atoms with Crippen molar-refractivity contribution in [3.8, 4) is 0 Å². The number of carbonyl (C=O) groups excluding carboxylic acids is 2. The van der Waals surface area contributed by atoms with Crippen molar-refractivity contribution in [1.29, 1.82) is 0 Å². The summed E-state index contributed by atoms with van der Waals surface area (Å²) in [5, 5.41) is 16.2. The fraction of sp³-hybridized carbons (Fsp3) is 0.500. The first-order valence-corrected chi connectivity index (χ1v) is 7.61. The van der Waals surface area contributed by atoms with Crippen molar-refractivity contribution in [2.75, 3.05) is 0 Å². The second kappa shape index (κ2) is 8.15. The lowest BCUT2D eigenvalue weighted by Gasteiger charge is -2.26. The number of rotatable bonds is 6. The second-order valence-electron chi connectivity index (χ2n) is 5.72. The Morgan fingerprint density at radius 1 is 1.09 bits per heavy atom. The first-order chi connectivity index (χ1) is 10.2. The number of carbonyl (C=O) groups is 2. The van der Waals surface area contributed by atoms with Gasteiger partial charge in [-0.3, -0.25) is 9.59 Å². The number of halogens is 1. The van der Waals surface area contributed by atoms with Gasteiger partial charge in [0.25, 0.3) is 0 Å². The SMILES string of the molecule is CC(=O)NC(C(=O)NC(C)C(O)c1ccc(Cl)cc1)C(C)C. The molecule has 0 radical (unpaired) electrons. The first kappa shape index (κ1) is 18.5. The van der Waals surface area contributed by atoms with E-state index in [4.69, 9.17) is 11.6 Å². The van der Waals surface area contributed by atoms with Crippen molar-refractivity contribution in [1.82, 2.24) is 10.6 Å². The van der Waals surface area contributed by atoms with Gasteiger partial charge >= 0.3 is 0 Å². The average molecular weight is 327 g/mol. The second-order valence-corrected chi connectivity index (χ2v) is 6.15. The Morgan fingerprint density at radius 2 is 1.64 bits per heavy atom. The Morgan fingerprint density at radius 3 is 2.09 bits per heavy atom. The molecule has 3 atom stereocenters. The summed E-state index contributed by atoms with van der Waals surface area (Å²) in [5.74, 6) is -0.630. The fourth-order valence-corrected chi connectivity index (χ4v) is 2.22. The molecule has 0 heterocycles. The quantitative estimate of drug-likeness (QED) is 0.748. The highest BCUT2D eigenvalue weighted by Gasteiger charge is 2.26. The summed E-state index contributed by atoms with van der Waals surface area (Å²) in [6, 6.07) is 5.67. The van der Waals surface area contributed by atoms with E-state index in [2.05, 4.69) is 10.6 Å². The van der Waals surface area contributed by atoms with Crippen LogP contribution in [-0.2, 0) is 9.59 Å². The van der Waals surface area contributed by atoms with Crippen LogP contribution in [0.1, 0.15) is 39.4 Å². The molecule has 1 rings (SSSR count). The number of aliphatic hydroxyl groups excluding tert-OH is 1. The summed E-state index contributed by atoms with van der Waals surface area (Å²) in [4.78, 5) is 23.4. The molecule has 0 aliphatic carbocycles. The smallest absolute Gasteiger partial charge is 0.243 e. The number of hydrogen-bond acceptors (Lipinski definition) is 3. The van der Waals surface area contributed by atoms with Gasteiger partial charge in [-0.05, 0) is 30.5 Å². The maximum absolute atomic E-state index is 12.3. The molecule has 6 heteroatoms. The molecule has 2 amide bonds. The Labute approximate surface area is 136 Å². The van der Waals surface area contributed by atoms with Crippen LogP contribution >= 0.6 is 11.6 Å². The van der Waals surface area contributed by atoms with Gasteiger partial charge < -0.3 is 15.7 Å². The zero-order chi connectivity index (χ0) is 16.9. The van der Waals surface area contributed by atoms with Crippen LogP contribution in [0.2, 0.25) is 5.02 Å². The topological polar surface area (TPSA) is 78.4 Å². The van der Waals surface area contributed by atoms with Crippen LogP contribution in [0.3, 0.4) is 0 Å². The lowest BCUT2D eigenvalue weighted by Crippen LogP contribution is -2.52. The molecule has 22 heavy (non-hydrogen) atoms. The highest BCUT2D eigenvalue weighted by Crippen LogP contribution is 2.19. The predicted octanol–water partition coefficient (Wildman–Crippen LogP) is 2.04. The first-order valence-electron chi connectivity index (χ1n) is 7.23. The molecule has 0 aliphatic rings. The Hall–Kier alpha value is -1.59. The molecule has 1 aromatic carbocycles. The third-order valence-corrected chi connectivity index (χ3v) is 3.61. The summed E-state index contributed by atoms with van der Waals surface area (Å²) in [7, 11) is 0. The van der Waals surface area contributed by atoms with Crippen molar-refractivity contribution in [2.45, 2.75) is 45.9 Å². The van der Waals surface area contributed by atoms with Crippen LogP contribution in [0.15, 0.2) is 24.3 Å². The fourth-order valence-electron chi connectivity index (χ4n) is 2.10. The van der Waals surface area contributed by atoms with E-state index < -0.39 is 18.2 Å². The van der Waals surface area contributed by atoms with E-state index in [1.54, 1.807) is 31.2 Å². The van der Waals surface area contributed by atoms with E-state index in [1.807, 2.05) is 13.8 Å². The van der Waals surface area contributed by atoms with Crippen LogP contribution in [-0.4, -0.2) is 29.0 Å². The van der Waals surface area contributed by atoms with Gasteiger partial charge in [-0.25, -0.2) is 0 Å². The van der Waals surface area contributed by atoms with Gasteiger partial charge in [0.05, 0.1) is 12.1 Å². The minimum Gasteiger partial charge on any atom is -0.386 e. The predicted molar refractivity (Wildman–Crippen MR) is 86.5 cm³/mol. The highest BCUT2D eigenvalue weighted by atomic mass is 35.5. The van der Waals surface area contributed by atoms with Crippen LogP contribution in [0.25, 0.3) is 0 Å². The van der Waals surface area contributed by atoms with E-state index in [-0.39, 0.29) is 17.7 Å². The molecule has 0 bridgehead atoms. The number of benzene rings is 1. The van der Waals surface area contributed by atoms with E-state index in [9.17, 15) is 14.7 Å². The van der Waals surface area contributed by atoms with E-state index >= 15 is 0 Å². The molecule has 0 aromatic heterocycles. The third-order valence-electron chi connectivity index (χ3n) is 3.36. The third kappa shape index (κ3) is 5.31. The van der Waals surface area contributed by atoms with E-state index in [0.29, 0.717) is 10.6 Å². The number of hydrogen-bond donors (Lipinski definition) is 3. The van der Waals surface area contributed by atoms with Gasteiger partial charge in [0.15, 0.2) is 0 Å². The molecule has 122 valence electrons. The monoisotopic (exact) mass is 326 g/mol. The molecular weight excluding hydrogens is 304 g/mol. The highest BCUT2D eigenvalue weighted by molar-refractivity contribution is 6.30. The Kier molecular flexibility index (Phi) is 6.84. The average Bonchev–Trinajstić information content (AvgIpc) is 2.44. The largest absolute Gasteiger partial charge is 0.386 e. The molecular formula is C16H23ClN2O3. The van der Waals surface area contributed by atoms with Crippen molar-refractivity contribution in [2.24, 2.45) is 5.92 Å². The minimum absolute atomic E-state index is 0.0521. The van der Waals surface area contributed by atoms with Gasteiger partial charge in [-0.15, -0.1) is 0 Å². The van der Waals surface area contributed by atoms with Crippen molar-refractivity contribution >= 4 is 23.4 Å². The molecule has 5 nitrogen and oxygen atoms in total. The zero-order valence-corrected chi connectivity index (χ0v) is 14.0. The van der Waals surface area contributed by atoms with Gasteiger partial charge in [-0.1, -0.05) is 37.6 Å². The zero-order valence-electron chi connectivity index (χ0n) is 13.3. The van der Waals surface area contributed by atoms with Crippen LogP contribution in [0.5, 0.6) is 0 Å². The summed E-state index contributed by atoms with van der Waals surface area (Å²) in [5.41, 5.74) is 0.665. The van der Waals surface area contributed by atoms with Gasteiger partial charge in [0, 0.05) is 11.9 Å². The van der Waals surface area contributed by atoms with Crippen molar-refractivity contribution in [3.63, 3.8) is 0 Å². The van der Waals surface area contributed by atoms with Crippen molar-refractivity contribution in [3.05, 3.63) is 34.9 Å². The lowest BCUT2D eigenvalue weighted by atomic mass is 10.0. The number of aliphatic hydroxyl groups is 1. The maximum Gasteiger partial charge on any atom is 0.243 e. The molecule has 0 fully saturated rings. The van der Waals surface area contributed by atoms with Crippen LogP contribution in [0.4, 0.5) is 0 Å². The van der Waals surface area contributed by atoms with E-state index in [1.165, 1.54) is 6.92 Å². The van der Waals surface area contributed by atoms with E-state index in [0.717, 1.165) is 0 Å². The lowest BCUT2D eigenvalue weighted by molar-refractivity contribution is -0.130. The number of amides is 2. The van der Waals surface area contributed by atoms with Crippen molar-refractivity contribution < 1.29 is 14.7 Å². The standard InChI is InChI=1S/C16H23ClN2O3/c1-9(2)14(19-11(4)20)16(22)18-10(3)15(21)12-5-7-13(17)8-6-12/h5-10,14-15,21H,1-4H3,(H,18,22)(H,19,20). The summed E-state index contributed by atoms with van der Waals surface area (Å²) < 4.78 is 0. The van der Waals surface area contributed by atoms with Gasteiger partial charge in [0.2, 0.25) is 11.8 Å². The molecule has 0 spiro atoms. The van der Waals surface area contributed by atoms with Crippen LogP contribution in [0, 0.1) is 5.92 Å². The molecule has 1 aromatic rings. The molecule has 3 unspecified atom stereocenters. The summed E-state index contributed by atoms with van der Waals surface area (Å²) >= 11 is 5.81.